The predicted molar refractivity (Wildman–Crippen MR) is 213 cm³/mol. The quantitative estimate of drug-likeness (QED) is 0.0743. The third-order valence-corrected chi connectivity index (χ3v) is 10.6. The maximum absolute atomic E-state index is 11.0. The van der Waals surface area contributed by atoms with Crippen LogP contribution >= 0.6 is 11.6 Å². The summed E-state index contributed by atoms with van der Waals surface area (Å²) in [6.07, 6.45) is 5.13. The molecule has 0 amide bonds. The fourth-order valence-electron chi connectivity index (χ4n) is 7.36. The van der Waals surface area contributed by atoms with Crippen molar-refractivity contribution in [2.45, 2.75) is 77.7 Å². The van der Waals surface area contributed by atoms with E-state index in [4.69, 9.17) is 26.2 Å². The Morgan fingerprint density at radius 1 is 0.927 bits per heavy atom. The third-order valence-electron chi connectivity index (χ3n) is 10.3. The largest absolute Gasteiger partial charge is 0.488 e. The number of nitrogens with one attached hydrogen (secondary N) is 1. The summed E-state index contributed by atoms with van der Waals surface area (Å²) in [5.74, 6) is -0.0593. The van der Waals surface area contributed by atoms with Gasteiger partial charge in [-0.1, -0.05) is 66.2 Å². The number of hydrogen-bond donors (Lipinski definition) is 4. The minimum Gasteiger partial charge on any atom is -0.488 e. The van der Waals surface area contributed by atoms with E-state index in [1.54, 1.807) is 24.4 Å². The number of aliphatic hydroxyl groups is 2. The fourth-order valence-corrected chi connectivity index (χ4v) is 7.60. The first-order valence-electron chi connectivity index (χ1n) is 18.6. The highest BCUT2D eigenvalue weighted by Gasteiger charge is 2.22. The molecule has 1 heterocycles. The van der Waals surface area contributed by atoms with Crippen molar-refractivity contribution in [2.75, 3.05) is 13.2 Å². The number of halogens is 1. The SMILES string of the molecule is Cc1c(COc2cc(OCc3cncc(C#N)c3)c(CCC[C@@H](O)CC(=O)O)cc2Cl)cccc1-c1cccc(-c2ccc3c(c2)CC(NCCO)C3)c1C. The summed E-state index contributed by atoms with van der Waals surface area (Å²) in [6.45, 7) is 5.45. The lowest BCUT2D eigenvalue weighted by Gasteiger charge is -2.18. The number of nitriles is 1. The van der Waals surface area contributed by atoms with Crippen LogP contribution in [0.4, 0.5) is 0 Å². The highest BCUT2D eigenvalue weighted by Crippen LogP contribution is 2.38. The zero-order chi connectivity index (χ0) is 38.9. The number of aromatic nitrogens is 1. The first kappa shape index (κ1) is 39.5. The van der Waals surface area contributed by atoms with Crippen molar-refractivity contribution in [3.8, 4) is 39.8 Å². The number of aliphatic carboxylic acids is 1. The Morgan fingerprint density at radius 3 is 2.45 bits per heavy atom. The van der Waals surface area contributed by atoms with E-state index in [1.165, 1.54) is 34.0 Å². The number of hydrogen-bond acceptors (Lipinski definition) is 8. The molecule has 6 rings (SSSR count). The van der Waals surface area contributed by atoms with Crippen molar-refractivity contribution in [1.82, 2.24) is 10.3 Å². The number of benzene rings is 4. The lowest BCUT2D eigenvalue weighted by atomic mass is 9.89. The number of carboxylic acids is 1. The van der Waals surface area contributed by atoms with Crippen LogP contribution in [-0.4, -0.2) is 51.6 Å². The molecule has 1 aliphatic rings. The molecule has 0 saturated carbocycles. The van der Waals surface area contributed by atoms with Crippen LogP contribution in [0.15, 0.2) is 85.2 Å². The second-order valence-corrected chi connectivity index (χ2v) is 14.5. The zero-order valence-corrected chi connectivity index (χ0v) is 31.9. The van der Waals surface area contributed by atoms with Gasteiger partial charge in [0.2, 0.25) is 0 Å². The molecule has 1 aliphatic carbocycles. The van der Waals surface area contributed by atoms with E-state index in [0.717, 1.165) is 46.2 Å². The van der Waals surface area contributed by atoms with E-state index in [0.29, 0.717) is 53.9 Å². The van der Waals surface area contributed by atoms with Crippen LogP contribution in [0.1, 0.15) is 63.8 Å². The Morgan fingerprint density at radius 2 is 1.67 bits per heavy atom. The smallest absolute Gasteiger partial charge is 0.305 e. The van der Waals surface area contributed by atoms with Crippen LogP contribution in [0.5, 0.6) is 11.5 Å². The van der Waals surface area contributed by atoms with Gasteiger partial charge < -0.3 is 30.1 Å². The Balaban J connectivity index is 1.21. The fraction of sp³-hybridized carbons (Fsp3) is 0.311. The topological polar surface area (TPSA) is 145 Å². The van der Waals surface area contributed by atoms with Gasteiger partial charge in [0, 0.05) is 36.6 Å². The van der Waals surface area contributed by atoms with Gasteiger partial charge in [-0.25, -0.2) is 0 Å². The molecule has 4 N–H and O–H groups in total. The molecule has 10 heteroatoms. The highest BCUT2D eigenvalue weighted by molar-refractivity contribution is 6.32. The Kier molecular flexibility index (Phi) is 13.2. The summed E-state index contributed by atoms with van der Waals surface area (Å²) in [5, 5.41) is 41.5. The Labute approximate surface area is 327 Å². The van der Waals surface area contributed by atoms with Gasteiger partial charge in [-0.15, -0.1) is 0 Å². The van der Waals surface area contributed by atoms with Gasteiger partial charge >= 0.3 is 5.97 Å². The van der Waals surface area contributed by atoms with Crippen molar-refractivity contribution >= 4 is 17.6 Å². The van der Waals surface area contributed by atoms with Gasteiger partial charge in [0.15, 0.2) is 0 Å². The number of aryl methyl sites for hydroxylation is 1. The molecule has 0 radical (unpaired) electrons. The van der Waals surface area contributed by atoms with Crippen molar-refractivity contribution in [1.29, 1.82) is 5.26 Å². The standard InChI is InChI=1S/C45H46ClN3O6/c1-28-35(7-4-10-40(28)41-11-5-9-39(29(41)2)33-13-12-32-18-37(49-14-15-50)19-36(32)17-33)27-55-44-22-43(54-26-31-16-30(23-47)24-48-25-31)34(20-42(44)46)6-3-8-38(51)21-45(52)53/h4-5,7,9-13,16-17,20,22,24-25,37-38,49-51H,3,6,8,14-15,18-19,21,26-27H2,1-2H3,(H,52,53)/t37?,38-/m1/s1. The van der Waals surface area contributed by atoms with E-state index in [-0.39, 0.29) is 26.2 Å². The van der Waals surface area contributed by atoms with Gasteiger partial charge in [-0.3, -0.25) is 9.78 Å². The number of aliphatic hydroxyl groups excluding tert-OH is 2. The van der Waals surface area contributed by atoms with Gasteiger partial charge in [0.1, 0.15) is 30.8 Å². The normalized spacial score (nSPS) is 13.9. The van der Waals surface area contributed by atoms with E-state index in [2.05, 4.69) is 78.7 Å². The monoisotopic (exact) mass is 759 g/mol. The average Bonchev–Trinajstić information content (AvgIpc) is 3.59. The third kappa shape index (κ3) is 9.90. The lowest BCUT2D eigenvalue weighted by Crippen LogP contribution is -2.31. The molecule has 4 aromatic carbocycles. The number of rotatable bonds is 17. The van der Waals surface area contributed by atoms with Crippen LogP contribution in [0.2, 0.25) is 5.02 Å². The molecule has 0 spiro atoms. The van der Waals surface area contributed by atoms with Crippen molar-refractivity contribution < 1.29 is 29.6 Å². The molecular weight excluding hydrogens is 714 g/mol. The number of ether oxygens (including phenoxy) is 2. The lowest BCUT2D eigenvalue weighted by molar-refractivity contribution is -0.139. The molecular formula is C45H46ClN3O6. The molecule has 0 saturated heterocycles. The van der Waals surface area contributed by atoms with Crippen molar-refractivity contribution in [3.05, 3.63) is 135 Å². The molecule has 1 unspecified atom stereocenters. The van der Waals surface area contributed by atoms with Gasteiger partial charge in [-0.05, 0) is 114 Å². The number of fused-ring (bicyclic) bond motifs is 1. The molecule has 0 bridgehead atoms. The maximum Gasteiger partial charge on any atom is 0.305 e. The summed E-state index contributed by atoms with van der Waals surface area (Å²) in [4.78, 5) is 15.2. The summed E-state index contributed by atoms with van der Waals surface area (Å²) >= 11 is 6.80. The second-order valence-electron chi connectivity index (χ2n) is 14.1. The van der Waals surface area contributed by atoms with Crippen LogP contribution in [0.25, 0.3) is 22.3 Å². The molecule has 0 aliphatic heterocycles. The molecule has 1 aromatic heterocycles. The Bertz CT molecular complexity index is 2200. The minimum absolute atomic E-state index is 0.139. The van der Waals surface area contributed by atoms with E-state index in [9.17, 15) is 20.3 Å². The predicted octanol–water partition coefficient (Wildman–Crippen LogP) is 7.92. The van der Waals surface area contributed by atoms with Gasteiger partial charge in [0.05, 0.1) is 29.7 Å². The molecule has 2 atom stereocenters. The molecule has 284 valence electrons. The number of carboxylic acid groups (broad SMARTS) is 1. The first-order valence-corrected chi connectivity index (χ1v) is 19.0. The van der Waals surface area contributed by atoms with Crippen molar-refractivity contribution in [2.24, 2.45) is 0 Å². The van der Waals surface area contributed by atoms with E-state index >= 15 is 0 Å². The van der Waals surface area contributed by atoms with E-state index < -0.39 is 12.1 Å². The van der Waals surface area contributed by atoms with E-state index in [1.807, 2.05) is 6.07 Å². The van der Waals surface area contributed by atoms with Crippen LogP contribution in [0.3, 0.4) is 0 Å². The minimum atomic E-state index is -1.04. The second kappa shape index (κ2) is 18.4. The van der Waals surface area contributed by atoms with Crippen LogP contribution < -0.4 is 14.8 Å². The van der Waals surface area contributed by atoms with Gasteiger partial charge in [0.25, 0.3) is 0 Å². The number of carbonyl (C=O) groups is 1. The molecule has 9 nitrogen and oxygen atoms in total. The number of nitrogens with zero attached hydrogens (tertiary/aromatic N) is 2. The van der Waals surface area contributed by atoms with Gasteiger partial charge in [-0.2, -0.15) is 5.26 Å². The molecule has 5 aromatic rings. The maximum atomic E-state index is 11.0. The first-order chi connectivity index (χ1) is 26.6. The zero-order valence-electron chi connectivity index (χ0n) is 31.1. The Hall–Kier alpha value is -5.24. The van der Waals surface area contributed by atoms with Crippen molar-refractivity contribution in [3.63, 3.8) is 0 Å². The number of pyridine rings is 1. The summed E-state index contributed by atoms with van der Waals surface area (Å²) < 4.78 is 12.6. The molecule has 0 fully saturated rings. The van der Waals surface area contributed by atoms with Crippen LogP contribution in [-0.2, 0) is 37.3 Å². The summed E-state index contributed by atoms with van der Waals surface area (Å²) in [5.41, 5.74) is 12.6. The molecule has 55 heavy (non-hydrogen) atoms. The highest BCUT2D eigenvalue weighted by atomic mass is 35.5. The summed E-state index contributed by atoms with van der Waals surface area (Å²) in [6, 6.07) is 27.2. The van der Waals surface area contributed by atoms with Crippen LogP contribution in [0, 0.1) is 25.2 Å². The summed E-state index contributed by atoms with van der Waals surface area (Å²) in [7, 11) is 0. The average molecular weight is 760 g/mol.